The fraction of sp³-hybridized carbons (Fsp3) is 0.133. The van der Waals surface area contributed by atoms with Crippen LogP contribution in [0.3, 0.4) is 0 Å². The van der Waals surface area contributed by atoms with Crippen LogP contribution in [0.15, 0.2) is 40.9 Å². The number of carbonyl (C=O) groups is 1. The van der Waals surface area contributed by atoms with Crippen LogP contribution in [0.1, 0.15) is 17.3 Å². The number of benzene rings is 2. The highest BCUT2D eigenvalue weighted by Gasteiger charge is 2.11. The van der Waals surface area contributed by atoms with Gasteiger partial charge in [-0.1, -0.05) is 27.5 Å². The first-order valence-electron chi connectivity index (χ1n) is 6.32. The highest BCUT2D eigenvalue weighted by atomic mass is 79.9. The van der Waals surface area contributed by atoms with Gasteiger partial charge < -0.3 is 15.8 Å². The summed E-state index contributed by atoms with van der Waals surface area (Å²) in [7, 11) is 0. The first kappa shape index (κ1) is 15.7. The average molecular weight is 370 g/mol. The SMILES string of the molecule is CCNC(=O)c1ccc(N)c(Oc2cc(Br)ccc2Cl)c1. The van der Waals surface area contributed by atoms with Crippen molar-refractivity contribution in [1.29, 1.82) is 0 Å². The Morgan fingerprint density at radius 2 is 2.05 bits per heavy atom. The zero-order valence-corrected chi connectivity index (χ0v) is 13.7. The molecule has 0 radical (unpaired) electrons. The molecule has 0 unspecified atom stereocenters. The molecule has 110 valence electrons. The van der Waals surface area contributed by atoms with Crippen LogP contribution in [-0.2, 0) is 0 Å². The van der Waals surface area contributed by atoms with E-state index in [2.05, 4.69) is 21.2 Å². The molecule has 0 fully saturated rings. The number of rotatable bonds is 4. The Hall–Kier alpha value is -1.72. The van der Waals surface area contributed by atoms with Crippen molar-refractivity contribution in [3.63, 3.8) is 0 Å². The molecule has 2 aromatic rings. The van der Waals surface area contributed by atoms with Gasteiger partial charge in [-0.3, -0.25) is 4.79 Å². The fourth-order valence-electron chi connectivity index (χ4n) is 1.70. The molecule has 0 saturated carbocycles. The molecular weight excluding hydrogens is 356 g/mol. The maximum atomic E-state index is 11.8. The number of nitrogens with one attached hydrogen (secondary N) is 1. The third-order valence-corrected chi connectivity index (χ3v) is 3.53. The number of anilines is 1. The quantitative estimate of drug-likeness (QED) is 0.793. The van der Waals surface area contributed by atoms with Gasteiger partial charge in [0.1, 0.15) is 5.75 Å². The Labute approximate surface area is 136 Å². The summed E-state index contributed by atoms with van der Waals surface area (Å²) >= 11 is 9.44. The summed E-state index contributed by atoms with van der Waals surface area (Å²) in [5.41, 5.74) is 6.80. The zero-order chi connectivity index (χ0) is 15.4. The molecule has 0 bridgehead atoms. The van der Waals surface area contributed by atoms with E-state index in [1.807, 2.05) is 13.0 Å². The lowest BCUT2D eigenvalue weighted by atomic mass is 10.1. The van der Waals surface area contributed by atoms with Crippen molar-refractivity contribution in [2.75, 3.05) is 12.3 Å². The predicted octanol–water partition coefficient (Wildman–Crippen LogP) is 4.23. The molecule has 0 saturated heterocycles. The lowest BCUT2D eigenvalue weighted by Gasteiger charge is -2.12. The van der Waals surface area contributed by atoms with Gasteiger partial charge in [0, 0.05) is 16.6 Å². The van der Waals surface area contributed by atoms with Crippen LogP contribution in [-0.4, -0.2) is 12.5 Å². The highest BCUT2D eigenvalue weighted by molar-refractivity contribution is 9.10. The van der Waals surface area contributed by atoms with Crippen LogP contribution in [0, 0.1) is 0 Å². The van der Waals surface area contributed by atoms with Crippen LogP contribution in [0.4, 0.5) is 5.69 Å². The topological polar surface area (TPSA) is 64.4 Å². The minimum atomic E-state index is -0.178. The molecule has 0 aliphatic heterocycles. The molecule has 0 atom stereocenters. The first-order valence-corrected chi connectivity index (χ1v) is 7.49. The monoisotopic (exact) mass is 368 g/mol. The highest BCUT2D eigenvalue weighted by Crippen LogP contribution is 2.34. The number of ether oxygens (including phenoxy) is 1. The fourth-order valence-corrected chi connectivity index (χ4v) is 2.20. The second-order valence-electron chi connectivity index (χ2n) is 4.29. The molecule has 0 aliphatic rings. The maximum absolute atomic E-state index is 11.8. The van der Waals surface area contributed by atoms with E-state index in [-0.39, 0.29) is 5.91 Å². The minimum Gasteiger partial charge on any atom is -0.454 e. The van der Waals surface area contributed by atoms with Crippen molar-refractivity contribution in [2.45, 2.75) is 6.92 Å². The van der Waals surface area contributed by atoms with Crippen molar-refractivity contribution in [2.24, 2.45) is 0 Å². The summed E-state index contributed by atoms with van der Waals surface area (Å²) in [5.74, 6) is 0.673. The third kappa shape index (κ3) is 3.89. The average Bonchev–Trinajstić information content (AvgIpc) is 2.45. The number of amides is 1. The number of nitrogens with two attached hydrogens (primary N) is 1. The summed E-state index contributed by atoms with van der Waals surface area (Å²) in [5, 5.41) is 3.18. The van der Waals surface area contributed by atoms with Gasteiger partial charge in [-0.25, -0.2) is 0 Å². The summed E-state index contributed by atoms with van der Waals surface area (Å²) in [4.78, 5) is 11.8. The van der Waals surface area contributed by atoms with Crippen molar-refractivity contribution < 1.29 is 9.53 Å². The van der Waals surface area contributed by atoms with Crippen LogP contribution in [0.2, 0.25) is 5.02 Å². The standard InChI is InChI=1S/C15H14BrClN2O2/c1-2-19-15(20)9-3-6-12(18)14(7-9)21-13-8-10(16)4-5-11(13)17/h3-8H,2,18H2,1H3,(H,19,20). The van der Waals surface area contributed by atoms with Crippen molar-refractivity contribution in [1.82, 2.24) is 5.32 Å². The van der Waals surface area contributed by atoms with Gasteiger partial charge in [0.25, 0.3) is 5.91 Å². The van der Waals surface area contributed by atoms with Gasteiger partial charge >= 0.3 is 0 Å². The number of hydrogen-bond donors (Lipinski definition) is 2. The summed E-state index contributed by atoms with van der Waals surface area (Å²) in [6, 6.07) is 10.1. The van der Waals surface area contributed by atoms with Crippen molar-refractivity contribution >= 4 is 39.1 Å². The van der Waals surface area contributed by atoms with Gasteiger partial charge in [0.2, 0.25) is 0 Å². The minimum absolute atomic E-state index is 0.178. The third-order valence-electron chi connectivity index (χ3n) is 2.73. The van der Waals surface area contributed by atoms with E-state index in [1.54, 1.807) is 30.3 Å². The Morgan fingerprint density at radius 3 is 2.76 bits per heavy atom. The Balaban J connectivity index is 2.33. The Kier molecular flexibility index (Phi) is 5.09. The summed E-state index contributed by atoms with van der Waals surface area (Å²) in [6.07, 6.45) is 0. The smallest absolute Gasteiger partial charge is 0.251 e. The van der Waals surface area contributed by atoms with Crippen LogP contribution in [0.5, 0.6) is 11.5 Å². The van der Waals surface area contributed by atoms with E-state index in [0.717, 1.165) is 4.47 Å². The molecule has 6 heteroatoms. The number of nitrogen functional groups attached to an aromatic ring is 1. The van der Waals surface area contributed by atoms with Gasteiger partial charge in [-0.05, 0) is 43.3 Å². The molecule has 0 aromatic heterocycles. The van der Waals surface area contributed by atoms with Crippen molar-refractivity contribution in [3.05, 3.63) is 51.5 Å². The molecule has 0 heterocycles. The molecule has 0 aliphatic carbocycles. The van der Waals surface area contributed by atoms with E-state index in [4.69, 9.17) is 22.1 Å². The Bertz CT molecular complexity index is 677. The Morgan fingerprint density at radius 1 is 1.29 bits per heavy atom. The molecular formula is C15H14BrClN2O2. The molecule has 4 nitrogen and oxygen atoms in total. The van der Waals surface area contributed by atoms with Crippen molar-refractivity contribution in [3.8, 4) is 11.5 Å². The number of hydrogen-bond acceptors (Lipinski definition) is 3. The molecule has 0 spiro atoms. The summed E-state index contributed by atoms with van der Waals surface area (Å²) < 4.78 is 6.56. The van der Waals surface area contributed by atoms with Gasteiger partial charge in [-0.15, -0.1) is 0 Å². The van der Waals surface area contributed by atoms with E-state index in [1.165, 1.54) is 0 Å². The maximum Gasteiger partial charge on any atom is 0.251 e. The number of carbonyl (C=O) groups excluding carboxylic acids is 1. The van der Waals surface area contributed by atoms with Crippen LogP contribution in [0.25, 0.3) is 0 Å². The molecule has 2 aromatic carbocycles. The first-order chi connectivity index (χ1) is 10.0. The van der Waals surface area contributed by atoms with E-state index >= 15 is 0 Å². The van der Waals surface area contributed by atoms with E-state index < -0.39 is 0 Å². The lowest BCUT2D eigenvalue weighted by Crippen LogP contribution is -2.22. The molecule has 21 heavy (non-hydrogen) atoms. The van der Waals surface area contributed by atoms with Crippen LogP contribution >= 0.6 is 27.5 Å². The van der Waals surface area contributed by atoms with E-state index in [0.29, 0.717) is 34.3 Å². The second kappa shape index (κ2) is 6.83. The van der Waals surface area contributed by atoms with Crippen LogP contribution < -0.4 is 15.8 Å². The van der Waals surface area contributed by atoms with Gasteiger partial charge in [0.05, 0.1) is 10.7 Å². The van der Waals surface area contributed by atoms with E-state index in [9.17, 15) is 4.79 Å². The van der Waals surface area contributed by atoms with Gasteiger partial charge in [-0.2, -0.15) is 0 Å². The second-order valence-corrected chi connectivity index (χ2v) is 5.61. The zero-order valence-electron chi connectivity index (χ0n) is 11.3. The predicted molar refractivity (Wildman–Crippen MR) is 88.1 cm³/mol. The molecule has 1 amide bonds. The number of halogens is 2. The summed E-state index contributed by atoms with van der Waals surface area (Å²) in [6.45, 7) is 2.41. The largest absolute Gasteiger partial charge is 0.454 e. The normalized spacial score (nSPS) is 10.2. The molecule has 2 rings (SSSR count). The molecule has 3 N–H and O–H groups in total. The van der Waals surface area contributed by atoms with Gasteiger partial charge in [0.15, 0.2) is 5.75 Å². The lowest BCUT2D eigenvalue weighted by molar-refractivity contribution is 0.0955.